The molecule has 2 saturated heterocycles. The van der Waals surface area contributed by atoms with E-state index in [1.165, 1.54) is 39.6 Å². The molecule has 0 aromatic heterocycles. The third kappa shape index (κ3) is 3.78. The SMILES string of the molecule is O=C1C[C@H]([NH+]2CCC(Cc3ccccc3)CC2)C(=O)N1c1ccc(F)cc1. The largest absolute Gasteiger partial charge is 0.324 e. The first-order valence-electron chi connectivity index (χ1n) is 9.62. The topological polar surface area (TPSA) is 41.8 Å². The molecule has 0 unspecified atom stereocenters. The predicted octanol–water partition coefficient (Wildman–Crippen LogP) is 2.00. The molecule has 4 nitrogen and oxygen atoms in total. The molecule has 5 heteroatoms. The maximum Gasteiger partial charge on any atom is 0.292 e. The van der Waals surface area contributed by atoms with Crippen LogP contribution in [0.3, 0.4) is 0 Å². The zero-order valence-electron chi connectivity index (χ0n) is 15.2. The van der Waals surface area contributed by atoms with E-state index in [0.29, 0.717) is 11.6 Å². The Labute approximate surface area is 158 Å². The lowest BCUT2D eigenvalue weighted by atomic mass is 9.89. The zero-order valence-corrected chi connectivity index (χ0v) is 15.2. The molecule has 0 aliphatic carbocycles. The van der Waals surface area contributed by atoms with Gasteiger partial charge in [-0.15, -0.1) is 0 Å². The van der Waals surface area contributed by atoms with Gasteiger partial charge in [-0.1, -0.05) is 30.3 Å². The Hall–Kier alpha value is -2.53. The number of benzene rings is 2. The number of amides is 2. The molecule has 140 valence electrons. The second-order valence-electron chi connectivity index (χ2n) is 7.59. The summed E-state index contributed by atoms with van der Waals surface area (Å²) < 4.78 is 13.1. The summed E-state index contributed by atoms with van der Waals surface area (Å²) in [5, 5.41) is 0. The number of hydrogen-bond donors (Lipinski definition) is 1. The number of carbonyl (C=O) groups is 2. The van der Waals surface area contributed by atoms with Gasteiger partial charge in [0, 0.05) is 0 Å². The van der Waals surface area contributed by atoms with E-state index in [0.717, 1.165) is 32.4 Å². The number of anilines is 1. The standard InChI is InChI=1S/C22H23FN2O2/c23-18-6-8-19(9-7-18)25-21(26)15-20(22(25)27)24-12-10-17(11-13-24)14-16-4-2-1-3-5-16/h1-9,17,20H,10-15H2/p+1/t20-/m0/s1. The molecule has 1 N–H and O–H groups in total. The van der Waals surface area contributed by atoms with E-state index in [2.05, 4.69) is 24.3 Å². The summed E-state index contributed by atoms with van der Waals surface area (Å²) in [7, 11) is 0. The first-order valence-corrected chi connectivity index (χ1v) is 9.62. The molecule has 0 radical (unpaired) electrons. The molecule has 0 bridgehead atoms. The Bertz CT molecular complexity index is 814. The molecule has 4 rings (SSSR count). The molecule has 2 amide bonds. The first-order chi connectivity index (χ1) is 13.1. The number of halogens is 1. The summed E-state index contributed by atoms with van der Waals surface area (Å²) in [4.78, 5) is 27.7. The molecule has 1 atom stereocenters. The highest BCUT2D eigenvalue weighted by atomic mass is 19.1. The van der Waals surface area contributed by atoms with Crippen LogP contribution in [0.25, 0.3) is 0 Å². The van der Waals surface area contributed by atoms with Crippen molar-refractivity contribution in [2.45, 2.75) is 31.7 Å². The second-order valence-corrected chi connectivity index (χ2v) is 7.59. The Kier molecular flexibility index (Phi) is 5.03. The van der Waals surface area contributed by atoms with Gasteiger partial charge < -0.3 is 4.90 Å². The van der Waals surface area contributed by atoms with E-state index >= 15 is 0 Å². The van der Waals surface area contributed by atoms with E-state index < -0.39 is 0 Å². The predicted molar refractivity (Wildman–Crippen MR) is 101 cm³/mol. The lowest BCUT2D eigenvalue weighted by Crippen LogP contribution is -3.17. The Morgan fingerprint density at radius 3 is 2.30 bits per heavy atom. The second kappa shape index (κ2) is 7.61. The van der Waals surface area contributed by atoms with Crippen molar-refractivity contribution < 1.29 is 18.9 Å². The lowest BCUT2D eigenvalue weighted by molar-refractivity contribution is -0.920. The molecule has 2 aliphatic rings. The number of quaternary nitrogens is 1. The van der Waals surface area contributed by atoms with Gasteiger partial charge in [-0.25, -0.2) is 9.29 Å². The van der Waals surface area contributed by atoms with Gasteiger partial charge >= 0.3 is 0 Å². The maximum atomic E-state index is 13.1. The van der Waals surface area contributed by atoms with E-state index in [9.17, 15) is 14.0 Å². The molecule has 2 aromatic carbocycles. The van der Waals surface area contributed by atoms with Gasteiger partial charge in [0.15, 0.2) is 6.04 Å². The molecular weight excluding hydrogens is 343 g/mol. The molecule has 0 spiro atoms. The van der Waals surface area contributed by atoms with Crippen LogP contribution < -0.4 is 9.80 Å². The van der Waals surface area contributed by atoms with Crippen molar-refractivity contribution in [1.82, 2.24) is 0 Å². The fraction of sp³-hybridized carbons (Fsp3) is 0.364. The fourth-order valence-electron chi connectivity index (χ4n) is 4.36. The van der Waals surface area contributed by atoms with Crippen molar-refractivity contribution >= 4 is 17.5 Å². The highest BCUT2D eigenvalue weighted by Gasteiger charge is 2.46. The van der Waals surface area contributed by atoms with Gasteiger partial charge in [0.1, 0.15) is 5.82 Å². The van der Waals surface area contributed by atoms with Crippen LogP contribution in [-0.2, 0) is 16.0 Å². The fourth-order valence-corrected chi connectivity index (χ4v) is 4.36. The number of rotatable bonds is 4. The molecule has 2 aromatic rings. The van der Waals surface area contributed by atoms with Crippen LogP contribution in [0.15, 0.2) is 54.6 Å². The lowest BCUT2D eigenvalue weighted by Gasteiger charge is -2.32. The van der Waals surface area contributed by atoms with Crippen molar-refractivity contribution in [3.05, 3.63) is 66.0 Å². The summed E-state index contributed by atoms with van der Waals surface area (Å²) in [5.74, 6) is -0.0734. The van der Waals surface area contributed by atoms with E-state index in [-0.39, 0.29) is 30.1 Å². The van der Waals surface area contributed by atoms with Gasteiger partial charge in [0.25, 0.3) is 5.91 Å². The van der Waals surface area contributed by atoms with Crippen LogP contribution >= 0.6 is 0 Å². The zero-order chi connectivity index (χ0) is 18.8. The summed E-state index contributed by atoms with van der Waals surface area (Å²) in [6.45, 7) is 1.83. The summed E-state index contributed by atoms with van der Waals surface area (Å²) in [6.07, 6.45) is 3.46. The average molecular weight is 367 g/mol. The van der Waals surface area contributed by atoms with Crippen molar-refractivity contribution in [2.24, 2.45) is 5.92 Å². The van der Waals surface area contributed by atoms with E-state index in [4.69, 9.17) is 0 Å². The van der Waals surface area contributed by atoms with Crippen molar-refractivity contribution in [2.75, 3.05) is 18.0 Å². The molecule has 2 aliphatic heterocycles. The minimum atomic E-state index is -0.375. The Balaban J connectivity index is 1.38. The molecule has 2 heterocycles. The number of hydrogen-bond acceptors (Lipinski definition) is 2. The normalized spacial score (nSPS) is 25.8. The summed E-state index contributed by atoms with van der Waals surface area (Å²) in [5.41, 5.74) is 1.83. The first kappa shape index (κ1) is 17.9. The van der Waals surface area contributed by atoms with Crippen LogP contribution in [0.1, 0.15) is 24.8 Å². The number of piperidine rings is 1. The minimum Gasteiger partial charge on any atom is -0.324 e. The van der Waals surface area contributed by atoms with Crippen molar-refractivity contribution in [3.63, 3.8) is 0 Å². The van der Waals surface area contributed by atoms with Gasteiger partial charge in [-0.2, -0.15) is 0 Å². The van der Waals surface area contributed by atoms with Gasteiger partial charge in [-0.05, 0) is 55.0 Å². The number of imide groups is 1. The van der Waals surface area contributed by atoms with E-state index in [1.807, 2.05) is 6.07 Å². The molecule has 0 saturated carbocycles. The summed E-state index contributed by atoms with van der Waals surface area (Å²) in [6, 6.07) is 15.8. The summed E-state index contributed by atoms with van der Waals surface area (Å²) >= 11 is 0. The van der Waals surface area contributed by atoms with Crippen molar-refractivity contribution in [1.29, 1.82) is 0 Å². The van der Waals surface area contributed by atoms with Crippen LogP contribution in [0, 0.1) is 11.7 Å². The number of likely N-dealkylation sites (tertiary alicyclic amines) is 1. The van der Waals surface area contributed by atoms with Crippen LogP contribution in [0.5, 0.6) is 0 Å². The average Bonchev–Trinajstić information content (AvgIpc) is 2.98. The Morgan fingerprint density at radius 2 is 1.63 bits per heavy atom. The number of nitrogens with zero attached hydrogens (tertiary/aromatic N) is 1. The third-order valence-electron chi connectivity index (χ3n) is 5.84. The molecule has 27 heavy (non-hydrogen) atoms. The van der Waals surface area contributed by atoms with Crippen molar-refractivity contribution in [3.8, 4) is 0 Å². The van der Waals surface area contributed by atoms with Crippen LogP contribution in [0.4, 0.5) is 10.1 Å². The Morgan fingerprint density at radius 1 is 0.963 bits per heavy atom. The number of carbonyl (C=O) groups excluding carboxylic acids is 2. The quantitative estimate of drug-likeness (QED) is 0.840. The van der Waals surface area contributed by atoms with Crippen LogP contribution in [-0.4, -0.2) is 30.9 Å². The number of nitrogens with one attached hydrogen (secondary N) is 1. The highest BCUT2D eigenvalue weighted by molar-refractivity contribution is 6.21. The molecular formula is C22H24FN2O2+. The van der Waals surface area contributed by atoms with Gasteiger partial charge in [0.2, 0.25) is 5.91 Å². The van der Waals surface area contributed by atoms with E-state index in [1.54, 1.807) is 0 Å². The maximum absolute atomic E-state index is 13.1. The smallest absolute Gasteiger partial charge is 0.292 e. The minimum absolute atomic E-state index is 0.150. The highest BCUT2D eigenvalue weighted by Crippen LogP contribution is 2.23. The van der Waals surface area contributed by atoms with Gasteiger partial charge in [-0.3, -0.25) is 9.59 Å². The molecule has 2 fully saturated rings. The van der Waals surface area contributed by atoms with Gasteiger partial charge in [0.05, 0.1) is 25.2 Å². The third-order valence-corrected chi connectivity index (χ3v) is 5.84. The monoisotopic (exact) mass is 367 g/mol. The van der Waals surface area contributed by atoms with Crippen LogP contribution in [0.2, 0.25) is 0 Å².